The Balaban J connectivity index is 0.00000312. The monoisotopic (exact) mass is 498 g/mol. The van der Waals surface area contributed by atoms with Crippen molar-refractivity contribution in [1.82, 2.24) is 15.5 Å². The maximum atomic E-state index is 12.4. The SMILES string of the molecule is CCNC(=NCC1CCS(=O)(=O)C1)NC1CCN(CC(F)(F)F)C1.I. The summed E-state index contributed by atoms with van der Waals surface area (Å²) in [7, 11) is -2.93. The highest BCUT2D eigenvalue weighted by Gasteiger charge is 2.34. The van der Waals surface area contributed by atoms with Crippen LogP contribution in [0.3, 0.4) is 0 Å². The maximum Gasteiger partial charge on any atom is 0.401 e. The summed E-state index contributed by atoms with van der Waals surface area (Å²) >= 11 is 0. The Bertz CT molecular complexity index is 557. The summed E-state index contributed by atoms with van der Waals surface area (Å²) in [6.07, 6.45) is -2.94. The number of hydrogen-bond donors (Lipinski definition) is 2. The summed E-state index contributed by atoms with van der Waals surface area (Å²) in [5, 5.41) is 6.22. The predicted molar refractivity (Wildman–Crippen MR) is 102 cm³/mol. The Hall–Kier alpha value is -0.300. The first-order chi connectivity index (χ1) is 11.2. The van der Waals surface area contributed by atoms with Crippen molar-refractivity contribution in [2.45, 2.75) is 32.0 Å². The van der Waals surface area contributed by atoms with Crippen LogP contribution < -0.4 is 10.6 Å². The van der Waals surface area contributed by atoms with E-state index in [0.717, 1.165) is 0 Å². The van der Waals surface area contributed by atoms with E-state index in [-0.39, 0.29) is 47.4 Å². The Morgan fingerprint density at radius 3 is 2.60 bits per heavy atom. The minimum absolute atomic E-state index is 0. The fraction of sp³-hybridized carbons (Fsp3) is 0.929. The molecular weight excluding hydrogens is 472 g/mol. The zero-order chi connectivity index (χ0) is 17.8. The lowest BCUT2D eigenvalue weighted by atomic mass is 10.1. The van der Waals surface area contributed by atoms with Crippen LogP contribution in [0, 0.1) is 5.92 Å². The van der Waals surface area contributed by atoms with Crippen molar-refractivity contribution in [1.29, 1.82) is 0 Å². The normalized spacial score (nSPS) is 27.1. The van der Waals surface area contributed by atoms with E-state index in [4.69, 9.17) is 0 Å². The number of halogens is 4. The van der Waals surface area contributed by atoms with Crippen molar-refractivity contribution in [3.05, 3.63) is 0 Å². The lowest BCUT2D eigenvalue weighted by Gasteiger charge is -2.20. The average molecular weight is 498 g/mol. The van der Waals surface area contributed by atoms with Crippen molar-refractivity contribution >= 4 is 39.8 Å². The summed E-state index contributed by atoms with van der Waals surface area (Å²) in [6, 6.07) is -0.0857. The first-order valence-corrected chi connectivity index (χ1v) is 10.0. The van der Waals surface area contributed by atoms with Gasteiger partial charge in [-0.1, -0.05) is 0 Å². The van der Waals surface area contributed by atoms with Crippen molar-refractivity contribution in [3.8, 4) is 0 Å². The molecule has 6 nitrogen and oxygen atoms in total. The molecule has 25 heavy (non-hydrogen) atoms. The van der Waals surface area contributed by atoms with E-state index in [1.54, 1.807) is 0 Å². The first-order valence-electron chi connectivity index (χ1n) is 8.21. The summed E-state index contributed by atoms with van der Waals surface area (Å²) in [4.78, 5) is 5.79. The number of nitrogens with one attached hydrogen (secondary N) is 2. The van der Waals surface area contributed by atoms with Crippen molar-refractivity contribution in [3.63, 3.8) is 0 Å². The number of likely N-dealkylation sites (tertiary alicyclic amines) is 1. The van der Waals surface area contributed by atoms with Crippen LogP contribution >= 0.6 is 24.0 Å². The van der Waals surface area contributed by atoms with E-state index in [0.29, 0.717) is 45.0 Å². The Morgan fingerprint density at radius 1 is 1.32 bits per heavy atom. The van der Waals surface area contributed by atoms with Crippen LogP contribution in [-0.4, -0.2) is 75.7 Å². The van der Waals surface area contributed by atoms with Gasteiger partial charge in [-0.05, 0) is 25.7 Å². The van der Waals surface area contributed by atoms with E-state index in [2.05, 4.69) is 15.6 Å². The molecule has 2 saturated heterocycles. The van der Waals surface area contributed by atoms with Crippen LogP contribution in [-0.2, 0) is 9.84 Å². The molecule has 0 saturated carbocycles. The smallest absolute Gasteiger partial charge is 0.357 e. The van der Waals surface area contributed by atoms with Gasteiger partial charge < -0.3 is 10.6 Å². The Kier molecular flexibility index (Phi) is 8.72. The molecule has 0 radical (unpaired) electrons. The molecule has 0 bridgehead atoms. The number of aliphatic imine (C=N–C) groups is 1. The van der Waals surface area contributed by atoms with Gasteiger partial charge in [-0.15, -0.1) is 24.0 Å². The van der Waals surface area contributed by atoms with Gasteiger partial charge >= 0.3 is 6.18 Å². The molecular formula is C14H26F3IN4O2S. The van der Waals surface area contributed by atoms with Crippen LogP contribution in [0.25, 0.3) is 0 Å². The van der Waals surface area contributed by atoms with Crippen LogP contribution in [0.4, 0.5) is 13.2 Å². The average Bonchev–Trinajstić information content (AvgIpc) is 3.01. The van der Waals surface area contributed by atoms with Crippen LogP contribution in [0.1, 0.15) is 19.8 Å². The molecule has 2 atom stereocenters. The number of sulfone groups is 1. The fourth-order valence-corrected chi connectivity index (χ4v) is 4.95. The highest BCUT2D eigenvalue weighted by atomic mass is 127. The molecule has 2 rings (SSSR count). The molecule has 0 aliphatic carbocycles. The molecule has 0 amide bonds. The third-order valence-corrected chi connectivity index (χ3v) is 6.03. The second kappa shape index (κ2) is 9.58. The molecule has 2 fully saturated rings. The highest BCUT2D eigenvalue weighted by Crippen LogP contribution is 2.20. The zero-order valence-electron chi connectivity index (χ0n) is 14.2. The molecule has 2 N–H and O–H groups in total. The number of hydrogen-bond acceptors (Lipinski definition) is 4. The van der Waals surface area contributed by atoms with E-state index in [1.165, 1.54) is 4.90 Å². The summed E-state index contributed by atoms with van der Waals surface area (Å²) in [6.45, 7) is 2.78. The second-order valence-electron chi connectivity index (χ2n) is 6.47. The summed E-state index contributed by atoms with van der Waals surface area (Å²) in [5.41, 5.74) is 0. The molecule has 11 heteroatoms. The van der Waals surface area contributed by atoms with Crippen LogP contribution in [0.2, 0.25) is 0 Å². The van der Waals surface area contributed by atoms with Crippen molar-refractivity contribution < 1.29 is 21.6 Å². The van der Waals surface area contributed by atoms with Gasteiger partial charge in [0, 0.05) is 32.2 Å². The standard InChI is InChI=1S/C14H25F3N4O2S.HI/c1-2-18-13(19-7-11-4-6-24(22,23)9-11)20-12-3-5-21(8-12)10-14(15,16)17;/h11-12H,2-10H2,1H3,(H2,18,19,20);1H. The van der Waals surface area contributed by atoms with Gasteiger partial charge in [0.25, 0.3) is 0 Å². The number of alkyl halides is 3. The van der Waals surface area contributed by atoms with Crippen LogP contribution in [0.5, 0.6) is 0 Å². The first kappa shape index (κ1) is 22.7. The largest absolute Gasteiger partial charge is 0.401 e. The zero-order valence-corrected chi connectivity index (χ0v) is 17.3. The van der Waals surface area contributed by atoms with Gasteiger partial charge in [-0.3, -0.25) is 9.89 Å². The lowest BCUT2D eigenvalue weighted by molar-refractivity contribution is -0.143. The van der Waals surface area contributed by atoms with Gasteiger partial charge in [0.05, 0.1) is 18.1 Å². The minimum atomic E-state index is -4.18. The minimum Gasteiger partial charge on any atom is -0.357 e. The lowest BCUT2D eigenvalue weighted by Crippen LogP contribution is -2.45. The molecule has 148 valence electrons. The summed E-state index contributed by atoms with van der Waals surface area (Å²) in [5.74, 6) is 0.946. The van der Waals surface area contributed by atoms with Gasteiger partial charge in [-0.25, -0.2) is 8.42 Å². The second-order valence-corrected chi connectivity index (χ2v) is 8.70. The third-order valence-electron chi connectivity index (χ3n) is 4.19. The Morgan fingerprint density at radius 2 is 2.04 bits per heavy atom. The molecule has 2 aliphatic heterocycles. The molecule has 0 aromatic carbocycles. The van der Waals surface area contributed by atoms with Gasteiger partial charge in [0.2, 0.25) is 0 Å². The number of guanidine groups is 1. The summed E-state index contributed by atoms with van der Waals surface area (Å²) < 4.78 is 60.2. The fourth-order valence-electron chi connectivity index (χ4n) is 3.10. The van der Waals surface area contributed by atoms with E-state index < -0.39 is 22.6 Å². The molecule has 2 unspecified atom stereocenters. The van der Waals surface area contributed by atoms with Gasteiger partial charge in [0.15, 0.2) is 15.8 Å². The molecule has 0 aromatic heterocycles. The maximum absolute atomic E-state index is 12.4. The van der Waals surface area contributed by atoms with E-state index in [1.807, 2.05) is 6.92 Å². The molecule has 2 heterocycles. The van der Waals surface area contributed by atoms with Gasteiger partial charge in [-0.2, -0.15) is 13.2 Å². The Labute approximate surface area is 163 Å². The predicted octanol–water partition coefficient (Wildman–Crippen LogP) is 1.23. The molecule has 0 spiro atoms. The number of nitrogens with zero attached hydrogens (tertiary/aromatic N) is 2. The molecule has 0 aromatic rings. The van der Waals surface area contributed by atoms with Gasteiger partial charge in [0.1, 0.15) is 0 Å². The molecule has 2 aliphatic rings. The van der Waals surface area contributed by atoms with E-state index >= 15 is 0 Å². The highest BCUT2D eigenvalue weighted by molar-refractivity contribution is 14.0. The van der Waals surface area contributed by atoms with Crippen molar-refractivity contribution in [2.24, 2.45) is 10.9 Å². The van der Waals surface area contributed by atoms with Crippen LogP contribution in [0.15, 0.2) is 4.99 Å². The quantitative estimate of drug-likeness (QED) is 0.339. The topological polar surface area (TPSA) is 73.8 Å². The van der Waals surface area contributed by atoms with E-state index in [9.17, 15) is 21.6 Å². The third kappa shape index (κ3) is 8.29. The number of rotatable bonds is 5. The van der Waals surface area contributed by atoms with Crippen molar-refractivity contribution in [2.75, 3.05) is 44.2 Å².